The second-order valence-corrected chi connectivity index (χ2v) is 5.16. The lowest BCUT2D eigenvalue weighted by molar-refractivity contribution is -0.145. The van der Waals surface area contributed by atoms with Crippen molar-refractivity contribution >= 4 is 5.97 Å². The van der Waals surface area contributed by atoms with Gasteiger partial charge in [0, 0.05) is 19.1 Å². The molecule has 0 saturated carbocycles. The molecule has 106 valence electrons. The van der Waals surface area contributed by atoms with Crippen LogP contribution in [-0.4, -0.2) is 49.7 Å². The van der Waals surface area contributed by atoms with Crippen molar-refractivity contribution in [3.63, 3.8) is 0 Å². The zero-order valence-corrected chi connectivity index (χ0v) is 12.1. The molecule has 2 atom stereocenters. The van der Waals surface area contributed by atoms with E-state index >= 15 is 0 Å². The largest absolute Gasteiger partial charge is 0.465 e. The molecule has 0 aromatic rings. The van der Waals surface area contributed by atoms with Crippen LogP contribution in [-0.2, 0) is 9.53 Å². The van der Waals surface area contributed by atoms with Gasteiger partial charge < -0.3 is 10.1 Å². The number of rotatable bonds is 7. The normalized spacial score (nSPS) is 25.1. The third kappa shape index (κ3) is 5.36. The van der Waals surface area contributed by atoms with Crippen molar-refractivity contribution in [2.24, 2.45) is 5.92 Å². The van der Waals surface area contributed by atoms with Gasteiger partial charge in [-0.3, -0.25) is 9.69 Å². The van der Waals surface area contributed by atoms with Crippen LogP contribution in [0.25, 0.3) is 0 Å². The lowest BCUT2D eigenvalue weighted by Crippen LogP contribution is -2.50. The molecule has 0 aliphatic carbocycles. The maximum absolute atomic E-state index is 11.5. The van der Waals surface area contributed by atoms with Crippen LogP contribution < -0.4 is 5.32 Å². The molecule has 1 heterocycles. The first-order valence-electron chi connectivity index (χ1n) is 7.30. The second kappa shape index (κ2) is 8.48. The molecule has 4 heteroatoms. The van der Waals surface area contributed by atoms with E-state index in [-0.39, 0.29) is 5.97 Å². The van der Waals surface area contributed by atoms with E-state index in [9.17, 15) is 4.79 Å². The van der Waals surface area contributed by atoms with Crippen LogP contribution in [0.3, 0.4) is 0 Å². The van der Waals surface area contributed by atoms with Gasteiger partial charge in [-0.25, -0.2) is 0 Å². The number of hydrogen-bond donors (Lipinski definition) is 1. The standard InChI is InChI=1S/C14H28N2O2/c1-4-7-15-13-8-12(5-2)9-16(10-13)11-14(17)18-6-3/h12-13,15H,4-11H2,1-3H3. The highest BCUT2D eigenvalue weighted by molar-refractivity contribution is 5.71. The van der Waals surface area contributed by atoms with Gasteiger partial charge in [-0.1, -0.05) is 20.3 Å². The number of piperidine rings is 1. The molecule has 2 unspecified atom stereocenters. The second-order valence-electron chi connectivity index (χ2n) is 5.16. The number of ether oxygens (including phenoxy) is 1. The molecule has 0 radical (unpaired) electrons. The third-order valence-corrected chi connectivity index (χ3v) is 3.53. The van der Waals surface area contributed by atoms with Gasteiger partial charge in [-0.15, -0.1) is 0 Å². The molecule has 1 saturated heterocycles. The summed E-state index contributed by atoms with van der Waals surface area (Å²) in [4.78, 5) is 13.8. The van der Waals surface area contributed by atoms with E-state index in [2.05, 4.69) is 24.1 Å². The fourth-order valence-corrected chi connectivity index (χ4v) is 2.61. The van der Waals surface area contributed by atoms with Gasteiger partial charge in [0.2, 0.25) is 0 Å². The fraction of sp³-hybridized carbons (Fsp3) is 0.929. The lowest BCUT2D eigenvalue weighted by Gasteiger charge is -2.37. The Kier molecular flexibility index (Phi) is 7.28. The molecular weight excluding hydrogens is 228 g/mol. The molecule has 0 amide bonds. The Morgan fingerprint density at radius 2 is 2.11 bits per heavy atom. The van der Waals surface area contributed by atoms with E-state index < -0.39 is 0 Å². The average Bonchev–Trinajstić information content (AvgIpc) is 2.36. The molecule has 4 nitrogen and oxygen atoms in total. The van der Waals surface area contributed by atoms with Gasteiger partial charge in [0.1, 0.15) is 0 Å². The van der Waals surface area contributed by atoms with Crippen molar-refractivity contribution in [2.75, 3.05) is 32.8 Å². The molecule has 0 bridgehead atoms. The molecule has 0 spiro atoms. The van der Waals surface area contributed by atoms with Crippen LogP contribution in [0.4, 0.5) is 0 Å². The van der Waals surface area contributed by atoms with E-state index in [1.165, 1.54) is 12.8 Å². The van der Waals surface area contributed by atoms with Crippen molar-refractivity contribution in [2.45, 2.75) is 46.1 Å². The number of likely N-dealkylation sites (tertiary alicyclic amines) is 1. The number of nitrogens with zero attached hydrogens (tertiary/aromatic N) is 1. The van der Waals surface area contributed by atoms with E-state index in [0.717, 1.165) is 26.1 Å². The van der Waals surface area contributed by atoms with Gasteiger partial charge in [-0.2, -0.15) is 0 Å². The average molecular weight is 256 g/mol. The molecular formula is C14H28N2O2. The molecule has 1 aliphatic rings. The Balaban J connectivity index is 2.43. The van der Waals surface area contributed by atoms with Crippen LogP contribution >= 0.6 is 0 Å². The SMILES string of the molecule is CCCNC1CC(CC)CN(CC(=O)OCC)C1. The first-order chi connectivity index (χ1) is 8.69. The van der Waals surface area contributed by atoms with Crippen LogP contribution in [0.2, 0.25) is 0 Å². The molecule has 18 heavy (non-hydrogen) atoms. The van der Waals surface area contributed by atoms with Gasteiger partial charge >= 0.3 is 5.97 Å². The minimum absolute atomic E-state index is 0.0940. The molecule has 0 aromatic heterocycles. The van der Waals surface area contributed by atoms with Crippen LogP contribution in [0.1, 0.15) is 40.0 Å². The van der Waals surface area contributed by atoms with Crippen molar-refractivity contribution in [1.82, 2.24) is 10.2 Å². The van der Waals surface area contributed by atoms with Crippen LogP contribution in [0, 0.1) is 5.92 Å². The minimum atomic E-state index is -0.0940. The quantitative estimate of drug-likeness (QED) is 0.703. The van der Waals surface area contributed by atoms with E-state index in [0.29, 0.717) is 25.1 Å². The smallest absolute Gasteiger partial charge is 0.320 e. The summed E-state index contributed by atoms with van der Waals surface area (Å²) < 4.78 is 5.03. The summed E-state index contributed by atoms with van der Waals surface area (Å²) in [5.74, 6) is 0.603. The minimum Gasteiger partial charge on any atom is -0.465 e. The molecule has 0 aromatic carbocycles. The fourth-order valence-electron chi connectivity index (χ4n) is 2.61. The first-order valence-corrected chi connectivity index (χ1v) is 7.30. The summed E-state index contributed by atoms with van der Waals surface area (Å²) in [5.41, 5.74) is 0. The highest BCUT2D eigenvalue weighted by Crippen LogP contribution is 2.19. The predicted octanol–water partition coefficient (Wildman–Crippen LogP) is 1.65. The number of nitrogens with one attached hydrogen (secondary N) is 1. The van der Waals surface area contributed by atoms with Gasteiger partial charge in [0.15, 0.2) is 0 Å². The topological polar surface area (TPSA) is 41.6 Å². The predicted molar refractivity (Wildman–Crippen MR) is 73.6 cm³/mol. The molecule has 1 aliphatic heterocycles. The molecule has 1 N–H and O–H groups in total. The summed E-state index contributed by atoms with van der Waals surface area (Å²) >= 11 is 0. The van der Waals surface area contributed by atoms with Crippen molar-refractivity contribution in [3.8, 4) is 0 Å². The van der Waals surface area contributed by atoms with Crippen LogP contribution in [0.5, 0.6) is 0 Å². The Hall–Kier alpha value is -0.610. The van der Waals surface area contributed by atoms with E-state index in [1.807, 2.05) is 6.92 Å². The van der Waals surface area contributed by atoms with Gasteiger partial charge in [0.05, 0.1) is 13.2 Å². The summed E-state index contributed by atoms with van der Waals surface area (Å²) in [6, 6.07) is 0.526. The van der Waals surface area contributed by atoms with Crippen LogP contribution in [0.15, 0.2) is 0 Å². The summed E-state index contributed by atoms with van der Waals surface area (Å²) in [6.45, 7) is 10.2. The highest BCUT2D eigenvalue weighted by atomic mass is 16.5. The Morgan fingerprint density at radius 3 is 2.72 bits per heavy atom. The maximum Gasteiger partial charge on any atom is 0.320 e. The Labute approximate surface area is 111 Å². The Bertz CT molecular complexity index is 246. The number of esters is 1. The number of carbonyl (C=O) groups is 1. The number of hydrogen-bond acceptors (Lipinski definition) is 4. The zero-order chi connectivity index (χ0) is 13.4. The van der Waals surface area contributed by atoms with Gasteiger partial charge in [0.25, 0.3) is 0 Å². The maximum atomic E-state index is 11.5. The monoisotopic (exact) mass is 256 g/mol. The van der Waals surface area contributed by atoms with Crippen molar-refractivity contribution in [3.05, 3.63) is 0 Å². The summed E-state index contributed by atoms with van der Waals surface area (Å²) in [5, 5.41) is 3.58. The van der Waals surface area contributed by atoms with E-state index in [4.69, 9.17) is 4.74 Å². The van der Waals surface area contributed by atoms with Crippen molar-refractivity contribution < 1.29 is 9.53 Å². The first kappa shape index (κ1) is 15.4. The number of carbonyl (C=O) groups excluding carboxylic acids is 1. The van der Waals surface area contributed by atoms with E-state index in [1.54, 1.807) is 0 Å². The highest BCUT2D eigenvalue weighted by Gasteiger charge is 2.27. The summed E-state index contributed by atoms with van der Waals surface area (Å²) in [6.07, 6.45) is 3.57. The molecule has 1 rings (SSSR count). The Morgan fingerprint density at radius 1 is 1.33 bits per heavy atom. The third-order valence-electron chi connectivity index (χ3n) is 3.53. The van der Waals surface area contributed by atoms with Gasteiger partial charge in [-0.05, 0) is 32.2 Å². The summed E-state index contributed by atoms with van der Waals surface area (Å²) in [7, 11) is 0. The van der Waals surface area contributed by atoms with Crippen molar-refractivity contribution in [1.29, 1.82) is 0 Å². The molecule has 1 fully saturated rings. The zero-order valence-electron chi connectivity index (χ0n) is 12.1. The lowest BCUT2D eigenvalue weighted by atomic mass is 9.92.